The number of carboxylic acid groups (broad SMARTS) is 1. The van der Waals surface area contributed by atoms with Crippen LogP contribution in [-0.4, -0.2) is 17.7 Å². The second kappa shape index (κ2) is 5.75. The number of halogens is 1. The van der Waals surface area contributed by atoms with Crippen LogP contribution in [-0.2, 0) is 4.79 Å². The van der Waals surface area contributed by atoms with Crippen LogP contribution < -0.4 is 4.74 Å². The number of hydrogen-bond donors (Lipinski definition) is 1. The first-order valence-corrected chi connectivity index (χ1v) is 5.52. The fourth-order valence-electron chi connectivity index (χ4n) is 1.24. The number of aliphatic carboxylic acids is 1. The van der Waals surface area contributed by atoms with Crippen molar-refractivity contribution in [1.82, 2.24) is 0 Å². The fourth-order valence-corrected chi connectivity index (χ4v) is 1.49. The molecule has 0 aromatic heterocycles. The van der Waals surface area contributed by atoms with Gasteiger partial charge in [0.05, 0.1) is 18.1 Å². The number of carboxylic acids is 1. The van der Waals surface area contributed by atoms with Gasteiger partial charge in [0.25, 0.3) is 0 Å². The number of ether oxygens (including phenoxy) is 1. The van der Waals surface area contributed by atoms with E-state index in [-0.39, 0.29) is 13.0 Å². The van der Waals surface area contributed by atoms with E-state index in [1.54, 1.807) is 6.07 Å². The zero-order valence-corrected chi connectivity index (χ0v) is 10.1. The maximum atomic E-state index is 10.3. The molecule has 88 valence electrons. The first-order chi connectivity index (χ1) is 7.50. The Morgan fingerprint density at radius 1 is 1.50 bits per heavy atom. The third-order valence-electron chi connectivity index (χ3n) is 2.20. The van der Waals surface area contributed by atoms with Crippen LogP contribution in [0.15, 0.2) is 18.2 Å². The van der Waals surface area contributed by atoms with Gasteiger partial charge in [0, 0.05) is 0 Å². The number of benzene rings is 1. The topological polar surface area (TPSA) is 46.5 Å². The first kappa shape index (κ1) is 12.8. The smallest absolute Gasteiger partial charge is 0.306 e. The van der Waals surface area contributed by atoms with Gasteiger partial charge in [0.15, 0.2) is 0 Å². The van der Waals surface area contributed by atoms with Gasteiger partial charge in [-0.25, -0.2) is 0 Å². The molecule has 4 heteroatoms. The Labute approximate surface area is 100.0 Å². The van der Waals surface area contributed by atoms with E-state index in [1.807, 2.05) is 12.1 Å². The van der Waals surface area contributed by atoms with E-state index >= 15 is 0 Å². The molecule has 0 aliphatic heterocycles. The number of rotatable bonds is 5. The average Bonchev–Trinajstić information content (AvgIpc) is 2.19. The maximum Gasteiger partial charge on any atom is 0.306 e. The van der Waals surface area contributed by atoms with E-state index in [9.17, 15) is 4.79 Å². The molecule has 16 heavy (non-hydrogen) atoms. The van der Waals surface area contributed by atoms with Crippen molar-refractivity contribution >= 4 is 17.6 Å². The second-order valence-electron chi connectivity index (χ2n) is 3.84. The summed E-state index contributed by atoms with van der Waals surface area (Å²) in [4.78, 5) is 10.3. The summed E-state index contributed by atoms with van der Waals surface area (Å²) in [6.07, 6.45) is -0.0255. The largest absolute Gasteiger partial charge is 0.491 e. The van der Waals surface area contributed by atoms with Gasteiger partial charge in [-0.15, -0.1) is 0 Å². The van der Waals surface area contributed by atoms with E-state index < -0.39 is 5.97 Å². The summed E-state index contributed by atoms with van der Waals surface area (Å²) in [6.45, 7) is 4.29. The van der Waals surface area contributed by atoms with Gasteiger partial charge in [0.2, 0.25) is 0 Å². The van der Waals surface area contributed by atoms with Crippen molar-refractivity contribution in [2.24, 2.45) is 0 Å². The highest BCUT2D eigenvalue weighted by atomic mass is 35.5. The summed E-state index contributed by atoms with van der Waals surface area (Å²) >= 11 is 6.02. The lowest BCUT2D eigenvalue weighted by atomic mass is 10.0. The highest BCUT2D eigenvalue weighted by Crippen LogP contribution is 2.28. The molecule has 0 saturated carbocycles. The molecule has 0 aliphatic carbocycles. The van der Waals surface area contributed by atoms with E-state index in [2.05, 4.69) is 13.8 Å². The SMILES string of the molecule is CC(C)c1ccc(OCCC(=O)O)c(Cl)c1. The van der Waals surface area contributed by atoms with Gasteiger partial charge in [0.1, 0.15) is 5.75 Å². The molecule has 1 aromatic rings. The molecule has 0 saturated heterocycles. The van der Waals surface area contributed by atoms with Gasteiger partial charge < -0.3 is 9.84 Å². The van der Waals surface area contributed by atoms with E-state index in [1.165, 1.54) is 0 Å². The Morgan fingerprint density at radius 3 is 2.69 bits per heavy atom. The summed E-state index contributed by atoms with van der Waals surface area (Å²) in [5.74, 6) is 0.0628. The molecule has 0 fully saturated rings. The molecule has 0 amide bonds. The molecule has 0 atom stereocenters. The van der Waals surface area contributed by atoms with Gasteiger partial charge in [-0.1, -0.05) is 31.5 Å². The van der Waals surface area contributed by atoms with Crippen LogP contribution in [0.3, 0.4) is 0 Å². The molecule has 0 unspecified atom stereocenters. The minimum absolute atomic E-state index is 0.0255. The Morgan fingerprint density at radius 2 is 2.19 bits per heavy atom. The molecular weight excluding hydrogens is 228 g/mol. The van der Waals surface area contributed by atoms with Gasteiger partial charge in [-0.05, 0) is 23.6 Å². The van der Waals surface area contributed by atoms with Crippen LogP contribution in [0.4, 0.5) is 0 Å². The standard InChI is InChI=1S/C12H15ClO3/c1-8(2)9-3-4-11(10(13)7-9)16-6-5-12(14)15/h3-4,7-8H,5-6H2,1-2H3,(H,14,15). The number of carbonyl (C=O) groups is 1. The quantitative estimate of drug-likeness (QED) is 0.862. The second-order valence-corrected chi connectivity index (χ2v) is 4.24. The van der Waals surface area contributed by atoms with Crippen LogP contribution in [0.25, 0.3) is 0 Å². The summed E-state index contributed by atoms with van der Waals surface area (Å²) in [7, 11) is 0. The summed E-state index contributed by atoms with van der Waals surface area (Å²) in [6, 6.07) is 5.56. The fraction of sp³-hybridized carbons (Fsp3) is 0.417. The Balaban J connectivity index is 2.64. The minimum atomic E-state index is -0.880. The highest BCUT2D eigenvalue weighted by molar-refractivity contribution is 6.32. The third kappa shape index (κ3) is 3.74. The van der Waals surface area contributed by atoms with Crippen molar-refractivity contribution < 1.29 is 14.6 Å². The minimum Gasteiger partial charge on any atom is -0.491 e. The average molecular weight is 243 g/mol. The van der Waals surface area contributed by atoms with Gasteiger partial charge in [-0.3, -0.25) is 4.79 Å². The van der Waals surface area contributed by atoms with Crippen LogP contribution in [0.1, 0.15) is 31.7 Å². The molecule has 0 bridgehead atoms. The van der Waals surface area contributed by atoms with Crippen molar-refractivity contribution in [3.8, 4) is 5.75 Å². The molecule has 1 aromatic carbocycles. The Hall–Kier alpha value is -1.22. The molecule has 1 rings (SSSR count). The summed E-state index contributed by atoms with van der Waals surface area (Å²) < 4.78 is 5.27. The summed E-state index contributed by atoms with van der Waals surface area (Å²) in [5, 5.41) is 8.99. The highest BCUT2D eigenvalue weighted by Gasteiger charge is 2.06. The molecular formula is C12H15ClO3. The van der Waals surface area contributed by atoms with Crippen molar-refractivity contribution in [2.45, 2.75) is 26.2 Å². The monoisotopic (exact) mass is 242 g/mol. The molecule has 0 heterocycles. The van der Waals surface area contributed by atoms with Gasteiger partial charge >= 0.3 is 5.97 Å². The molecule has 0 aliphatic rings. The van der Waals surface area contributed by atoms with Crippen molar-refractivity contribution in [3.63, 3.8) is 0 Å². The number of hydrogen-bond acceptors (Lipinski definition) is 2. The van der Waals surface area contributed by atoms with Crippen molar-refractivity contribution in [3.05, 3.63) is 28.8 Å². The Bertz CT molecular complexity index is 375. The summed E-state index contributed by atoms with van der Waals surface area (Å²) in [5.41, 5.74) is 1.13. The predicted octanol–water partition coefficient (Wildman–Crippen LogP) is 3.32. The lowest BCUT2D eigenvalue weighted by Gasteiger charge is -2.10. The lowest BCUT2D eigenvalue weighted by molar-refractivity contribution is -0.137. The van der Waals surface area contributed by atoms with E-state index in [0.717, 1.165) is 5.56 Å². The lowest BCUT2D eigenvalue weighted by Crippen LogP contribution is -2.05. The third-order valence-corrected chi connectivity index (χ3v) is 2.49. The van der Waals surface area contributed by atoms with Crippen LogP contribution in [0, 0.1) is 0 Å². The van der Waals surface area contributed by atoms with E-state index in [4.69, 9.17) is 21.4 Å². The molecule has 3 nitrogen and oxygen atoms in total. The van der Waals surface area contributed by atoms with E-state index in [0.29, 0.717) is 16.7 Å². The molecule has 0 spiro atoms. The normalized spacial score (nSPS) is 10.5. The van der Waals surface area contributed by atoms with Crippen LogP contribution in [0.5, 0.6) is 5.75 Å². The first-order valence-electron chi connectivity index (χ1n) is 5.14. The Kier molecular flexibility index (Phi) is 4.62. The molecule has 0 radical (unpaired) electrons. The van der Waals surface area contributed by atoms with Crippen molar-refractivity contribution in [1.29, 1.82) is 0 Å². The van der Waals surface area contributed by atoms with Crippen LogP contribution in [0.2, 0.25) is 5.02 Å². The molecule has 1 N–H and O–H groups in total. The maximum absolute atomic E-state index is 10.3. The zero-order valence-electron chi connectivity index (χ0n) is 9.37. The van der Waals surface area contributed by atoms with Crippen molar-refractivity contribution in [2.75, 3.05) is 6.61 Å². The predicted molar refractivity (Wildman–Crippen MR) is 63.3 cm³/mol. The van der Waals surface area contributed by atoms with Gasteiger partial charge in [-0.2, -0.15) is 0 Å². The zero-order chi connectivity index (χ0) is 12.1. The van der Waals surface area contributed by atoms with Crippen LogP contribution >= 0.6 is 11.6 Å².